The lowest BCUT2D eigenvalue weighted by molar-refractivity contribution is 0.111. The van der Waals surface area contributed by atoms with Crippen LogP contribution in [0.4, 0.5) is 0 Å². The molecule has 1 aromatic heterocycles. The van der Waals surface area contributed by atoms with Gasteiger partial charge in [0.2, 0.25) is 0 Å². The molecule has 1 rings (SSSR count). The summed E-state index contributed by atoms with van der Waals surface area (Å²) in [4.78, 5) is 16.8. The molecular weight excluding hydrogens is 180 g/mol. The Morgan fingerprint density at radius 1 is 1.64 bits per heavy atom. The fourth-order valence-corrected chi connectivity index (χ4v) is 0.784. The molecule has 0 N–H and O–H groups in total. The molecule has 1 heterocycles. The minimum Gasteiger partial charge on any atom is -0.296 e. The van der Waals surface area contributed by atoms with Crippen LogP contribution in [0.3, 0.4) is 0 Å². The van der Waals surface area contributed by atoms with Crippen molar-refractivity contribution in [3.63, 3.8) is 0 Å². The van der Waals surface area contributed by atoms with Gasteiger partial charge < -0.3 is 0 Å². The predicted octanol–water partition coefficient (Wildman–Crippen LogP) is 1.56. The van der Waals surface area contributed by atoms with Gasteiger partial charge in [0, 0.05) is 4.91 Å². The SMILES string of the molecule is [N-]=[N+]=NCC#Cc1cccc(C=O)n1. The molecule has 0 aliphatic rings. The van der Waals surface area contributed by atoms with E-state index in [-0.39, 0.29) is 6.54 Å². The molecule has 1 aromatic rings. The Labute approximate surface area is 80.4 Å². The summed E-state index contributed by atoms with van der Waals surface area (Å²) in [6.07, 6.45) is 0.651. The lowest BCUT2D eigenvalue weighted by atomic mass is 10.3. The highest BCUT2D eigenvalue weighted by Crippen LogP contribution is 1.94. The van der Waals surface area contributed by atoms with E-state index in [0.717, 1.165) is 0 Å². The van der Waals surface area contributed by atoms with Crippen molar-refractivity contribution < 1.29 is 4.79 Å². The van der Waals surface area contributed by atoms with Gasteiger partial charge in [0.05, 0.1) is 6.54 Å². The van der Waals surface area contributed by atoms with Gasteiger partial charge >= 0.3 is 0 Å². The van der Waals surface area contributed by atoms with Gasteiger partial charge in [-0.1, -0.05) is 17.1 Å². The average Bonchev–Trinajstić information content (AvgIpc) is 2.25. The van der Waals surface area contributed by atoms with E-state index in [1.54, 1.807) is 18.2 Å². The number of hydrogen-bond acceptors (Lipinski definition) is 3. The summed E-state index contributed by atoms with van der Waals surface area (Å²) in [5, 5.41) is 3.24. The summed E-state index contributed by atoms with van der Waals surface area (Å²) in [5.41, 5.74) is 8.80. The molecule has 0 aromatic carbocycles. The summed E-state index contributed by atoms with van der Waals surface area (Å²) in [6.45, 7) is 0.101. The first-order valence-electron chi connectivity index (χ1n) is 3.79. The molecule has 0 unspecified atom stereocenters. The zero-order valence-electron chi connectivity index (χ0n) is 7.21. The quantitative estimate of drug-likeness (QED) is 0.231. The Bertz CT molecular complexity index is 438. The van der Waals surface area contributed by atoms with E-state index in [4.69, 9.17) is 5.53 Å². The maximum absolute atomic E-state index is 10.4. The fourth-order valence-electron chi connectivity index (χ4n) is 0.784. The van der Waals surface area contributed by atoms with Gasteiger partial charge in [0.15, 0.2) is 6.29 Å². The molecule has 0 aliphatic carbocycles. The van der Waals surface area contributed by atoms with Crippen molar-refractivity contribution in [2.24, 2.45) is 5.11 Å². The molecule has 5 heteroatoms. The van der Waals surface area contributed by atoms with E-state index >= 15 is 0 Å². The van der Waals surface area contributed by atoms with Crippen LogP contribution in [-0.2, 0) is 0 Å². The molecular formula is C9H6N4O. The van der Waals surface area contributed by atoms with Crippen molar-refractivity contribution in [1.29, 1.82) is 0 Å². The van der Waals surface area contributed by atoms with Crippen molar-refractivity contribution in [1.82, 2.24) is 4.98 Å². The van der Waals surface area contributed by atoms with Crippen LogP contribution in [0.5, 0.6) is 0 Å². The number of hydrogen-bond donors (Lipinski definition) is 0. The average molecular weight is 186 g/mol. The number of azide groups is 1. The van der Waals surface area contributed by atoms with Crippen LogP contribution >= 0.6 is 0 Å². The third kappa shape index (κ3) is 2.97. The van der Waals surface area contributed by atoms with Crippen LogP contribution in [0.2, 0.25) is 0 Å². The summed E-state index contributed by atoms with van der Waals surface area (Å²) in [5.74, 6) is 5.27. The molecule has 0 fully saturated rings. The van der Waals surface area contributed by atoms with Crippen molar-refractivity contribution in [2.45, 2.75) is 0 Å². The topological polar surface area (TPSA) is 78.7 Å². The molecule has 14 heavy (non-hydrogen) atoms. The lowest BCUT2D eigenvalue weighted by Gasteiger charge is -1.89. The van der Waals surface area contributed by atoms with Crippen molar-refractivity contribution in [3.8, 4) is 11.8 Å². The van der Waals surface area contributed by atoms with Gasteiger partial charge in [-0.2, -0.15) is 0 Å². The van der Waals surface area contributed by atoms with Crippen LogP contribution in [0.25, 0.3) is 10.4 Å². The fraction of sp³-hybridized carbons (Fsp3) is 0.111. The standard InChI is InChI=1S/C9H6N4O/c10-13-11-6-2-5-8-3-1-4-9(7-14)12-8/h1,3-4,7H,6H2. The Morgan fingerprint density at radius 3 is 3.21 bits per heavy atom. The maximum Gasteiger partial charge on any atom is 0.168 e. The molecule has 0 amide bonds. The first kappa shape index (κ1) is 9.78. The van der Waals surface area contributed by atoms with Crippen LogP contribution < -0.4 is 0 Å². The van der Waals surface area contributed by atoms with E-state index in [1.807, 2.05) is 0 Å². The second-order valence-electron chi connectivity index (χ2n) is 2.26. The smallest absolute Gasteiger partial charge is 0.168 e. The maximum atomic E-state index is 10.4. The number of pyridine rings is 1. The Morgan fingerprint density at radius 2 is 2.50 bits per heavy atom. The van der Waals surface area contributed by atoms with Gasteiger partial charge in [-0.3, -0.25) is 4.79 Å². The van der Waals surface area contributed by atoms with E-state index < -0.39 is 0 Å². The minimum atomic E-state index is 0.101. The van der Waals surface area contributed by atoms with E-state index in [9.17, 15) is 4.79 Å². The summed E-state index contributed by atoms with van der Waals surface area (Å²) >= 11 is 0. The van der Waals surface area contributed by atoms with Crippen molar-refractivity contribution >= 4 is 6.29 Å². The number of rotatable bonds is 2. The molecule has 0 bridgehead atoms. The largest absolute Gasteiger partial charge is 0.296 e. The third-order valence-corrected chi connectivity index (χ3v) is 1.32. The van der Waals surface area contributed by atoms with E-state index in [0.29, 0.717) is 17.7 Å². The Hall–Kier alpha value is -2.31. The lowest BCUT2D eigenvalue weighted by Crippen LogP contribution is -1.89. The Kier molecular flexibility index (Phi) is 3.74. The molecule has 0 atom stereocenters. The zero-order chi connectivity index (χ0) is 10.2. The normalized spacial score (nSPS) is 8.00. The van der Waals surface area contributed by atoms with E-state index in [1.165, 1.54) is 0 Å². The second-order valence-corrected chi connectivity index (χ2v) is 2.26. The number of aldehydes is 1. The first-order valence-corrected chi connectivity index (χ1v) is 3.79. The van der Waals surface area contributed by atoms with Crippen molar-refractivity contribution in [2.75, 3.05) is 6.54 Å². The summed E-state index contributed by atoms with van der Waals surface area (Å²) < 4.78 is 0. The van der Waals surface area contributed by atoms with Crippen LogP contribution in [0.1, 0.15) is 16.2 Å². The molecule has 68 valence electrons. The number of aromatic nitrogens is 1. The van der Waals surface area contributed by atoms with Gasteiger partial charge in [-0.05, 0) is 23.6 Å². The molecule has 0 saturated heterocycles. The first-order chi connectivity index (χ1) is 6.86. The minimum absolute atomic E-state index is 0.101. The van der Waals surface area contributed by atoms with Gasteiger partial charge in [0.1, 0.15) is 11.4 Å². The summed E-state index contributed by atoms with van der Waals surface area (Å²) in [6, 6.07) is 4.95. The van der Waals surface area contributed by atoms with E-state index in [2.05, 4.69) is 26.9 Å². The van der Waals surface area contributed by atoms with Gasteiger partial charge in [-0.25, -0.2) is 4.98 Å². The number of nitrogens with zero attached hydrogens (tertiary/aromatic N) is 4. The van der Waals surface area contributed by atoms with Crippen LogP contribution in [-0.4, -0.2) is 17.8 Å². The monoisotopic (exact) mass is 186 g/mol. The second kappa shape index (κ2) is 5.36. The van der Waals surface area contributed by atoms with Crippen LogP contribution in [0.15, 0.2) is 23.3 Å². The Balaban J connectivity index is 2.78. The van der Waals surface area contributed by atoms with Crippen molar-refractivity contribution in [3.05, 3.63) is 40.0 Å². The zero-order valence-corrected chi connectivity index (χ0v) is 7.21. The highest BCUT2D eigenvalue weighted by atomic mass is 16.1. The third-order valence-electron chi connectivity index (χ3n) is 1.32. The van der Waals surface area contributed by atoms with Gasteiger partial charge in [0.25, 0.3) is 0 Å². The molecule has 0 spiro atoms. The molecule has 5 nitrogen and oxygen atoms in total. The van der Waals surface area contributed by atoms with Crippen LogP contribution in [0, 0.1) is 11.8 Å². The predicted molar refractivity (Wildman–Crippen MR) is 50.5 cm³/mol. The number of carbonyl (C=O) groups is 1. The highest BCUT2D eigenvalue weighted by Gasteiger charge is 1.91. The molecule has 0 aliphatic heterocycles. The highest BCUT2D eigenvalue weighted by molar-refractivity contribution is 5.71. The van der Waals surface area contributed by atoms with Gasteiger partial charge in [-0.15, -0.1) is 0 Å². The molecule has 0 radical (unpaired) electrons. The molecule has 0 saturated carbocycles. The summed E-state index contributed by atoms with van der Waals surface area (Å²) in [7, 11) is 0. The number of carbonyl (C=O) groups excluding carboxylic acids is 1.